The summed E-state index contributed by atoms with van der Waals surface area (Å²) in [7, 11) is 1.60. The number of furan rings is 1. The number of methoxy groups -OCH3 is 1. The van der Waals surface area contributed by atoms with Gasteiger partial charge >= 0.3 is 0 Å². The van der Waals surface area contributed by atoms with Gasteiger partial charge in [0.15, 0.2) is 5.76 Å². The third-order valence-corrected chi connectivity index (χ3v) is 5.42. The molecule has 2 aromatic carbocycles. The first-order valence-electron chi connectivity index (χ1n) is 9.31. The molecule has 0 atom stereocenters. The summed E-state index contributed by atoms with van der Waals surface area (Å²) in [5, 5.41) is 7.42. The number of rotatable bonds is 8. The molecule has 7 nitrogen and oxygen atoms in total. The highest BCUT2D eigenvalue weighted by atomic mass is 35.5. The first kappa shape index (κ1) is 21.0. The summed E-state index contributed by atoms with van der Waals surface area (Å²) in [6.45, 7) is 0. The number of thioether (sulfide) groups is 1. The molecule has 0 saturated carbocycles. The number of anilines is 1. The number of hydrogen-bond acceptors (Lipinski definition) is 7. The number of carbonyl (C=O) groups excluding carboxylic acids is 1. The second-order valence-corrected chi connectivity index (χ2v) is 7.89. The van der Waals surface area contributed by atoms with Crippen molar-refractivity contribution in [3.63, 3.8) is 0 Å². The standard InChI is InChI=1S/C22H18ClN3O4S/c1-28-17-7-5-16(6-8-17)24-20(27)13-31-12-18-9-10-19(29-18)22-25-21(26-30-22)14-3-2-4-15(23)11-14/h2-11H,12-13H2,1H3,(H,24,27). The molecule has 0 spiro atoms. The zero-order chi connectivity index (χ0) is 21.6. The third-order valence-electron chi connectivity index (χ3n) is 4.23. The molecule has 2 aromatic heterocycles. The molecule has 158 valence electrons. The van der Waals surface area contributed by atoms with Crippen molar-refractivity contribution in [3.05, 3.63) is 71.4 Å². The van der Waals surface area contributed by atoms with Gasteiger partial charge in [-0.05, 0) is 48.5 Å². The van der Waals surface area contributed by atoms with E-state index in [1.807, 2.05) is 18.2 Å². The maximum absolute atomic E-state index is 12.1. The summed E-state index contributed by atoms with van der Waals surface area (Å²) in [5.74, 6) is 3.36. The van der Waals surface area contributed by atoms with Gasteiger partial charge < -0.3 is 19.0 Å². The Morgan fingerprint density at radius 1 is 1.16 bits per heavy atom. The van der Waals surface area contributed by atoms with Gasteiger partial charge in [0.25, 0.3) is 5.89 Å². The molecular formula is C22H18ClN3O4S. The number of amides is 1. The predicted octanol–water partition coefficient (Wildman–Crippen LogP) is 5.53. The summed E-state index contributed by atoms with van der Waals surface area (Å²) in [6, 6.07) is 18.0. The third kappa shape index (κ3) is 5.48. The van der Waals surface area contributed by atoms with Gasteiger partial charge in [0.2, 0.25) is 11.7 Å². The van der Waals surface area contributed by atoms with E-state index in [0.717, 1.165) is 17.0 Å². The van der Waals surface area contributed by atoms with Crippen molar-refractivity contribution in [1.29, 1.82) is 0 Å². The molecule has 1 N–H and O–H groups in total. The summed E-state index contributed by atoms with van der Waals surface area (Å²) in [6.07, 6.45) is 0. The van der Waals surface area contributed by atoms with E-state index in [1.165, 1.54) is 11.8 Å². The molecule has 0 aliphatic rings. The number of ether oxygens (including phenoxy) is 1. The molecule has 1 amide bonds. The quantitative estimate of drug-likeness (QED) is 0.373. The number of hydrogen-bond donors (Lipinski definition) is 1. The van der Waals surface area contributed by atoms with E-state index in [9.17, 15) is 4.79 Å². The van der Waals surface area contributed by atoms with Crippen LogP contribution in [0.1, 0.15) is 5.76 Å². The molecular weight excluding hydrogens is 438 g/mol. The molecule has 0 bridgehead atoms. The lowest BCUT2D eigenvalue weighted by molar-refractivity contribution is -0.113. The van der Waals surface area contributed by atoms with E-state index >= 15 is 0 Å². The molecule has 4 rings (SSSR count). The first-order valence-corrected chi connectivity index (χ1v) is 10.8. The molecule has 0 unspecified atom stereocenters. The van der Waals surface area contributed by atoms with Crippen LogP contribution >= 0.6 is 23.4 Å². The zero-order valence-corrected chi connectivity index (χ0v) is 18.1. The van der Waals surface area contributed by atoms with Crippen LogP contribution in [0.2, 0.25) is 5.02 Å². The van der Waals surface area contributed by atoms with Gasteiger partial charge in [0.1, 0.15) is 11.5 Å². The Bertz CT molecular complexity index is 1170. The number of nitrogens with one attached hydrogen (secondary N) is 1. The van der Waals surface area contributed by atoms with Gasteiger partial charge in [-0.1, -0.05) is 28.9 Å². The molecule has 31 heavy (non-hydrogen) atoms. The van der Waals surface area contributed by atoms with Crippen LogP contribution in [0, 0.1) is 0 Å². The van der Waals surface area contributed by atoms with E-state index < -0.39 is 0 Å². The van der Waals surface area contributed by atoms with E-state index in [2.05, 4.69) is 15.5 Å². The average Bonchev–Trinajstić information content (AvgIpc) is 3.44. The highest BCUT2D eigenvalue weighted by molar-refractivity contribution is 7.99. The monoisotopic (exact) mass is 455 g/mol. The van der Waals surface area contributed by atoms with Gasteiger partial charge in [0.05, 0.1) is 18.6 Å². The number of carbonyl (C=O) groups is 1. The first-order chi connectivity index (χ1) is 15.1. The Hall–Kier alpha value is -3.23. The largest absolute Gasteiger partial charge is 0.497 e. The molecule has 0 saturated heterocycles. The van der Waals surface area contributed by atoms with Gasteiger partial charge in [0, 0.05) is 16.3 Å². The lowest BCUT2D eigenvalue weighted by atomic mass is 10.2. The molecule has 9 heteroatoms. The van der Waals surface area contributed by atoms with Crippen LogP contribution in [0.25, 0.3) is 23.0 Å². The van der Waals surface area contributed by atoms with Crippen LogP contribution in [0.5, 0.6) is 5.75 Å². The fourth-order valence-electron chi connectivity index (χ4n) is 2.75. The van der Waals surface area contributed by atoms with Crippen molar-refractivity contribution in [2.24, 2.45) is 0 Å². The second kappa shape index (κ2) is 9.72. The molecule has 0 aliphatic heterocycles. The summed E-state index contributed by atoms with van der Waals surface area (Å²) >= 11 is 7.45. The normalized spacial score (nSPS) is 10.8. The predicted molar refractivity (Wildman–Crippen MR) is 120 cm³/mol. The zero-order valence-electron chi connectivity index (χ0n) is 16.5. The molecule has 2 heterocycles. The van der Waals surface area contributed by atoms with Gasteiger partial charge in [-0.3, -0.25) is 4.79 Å². The second-order valence-electron chi connectivity index (χ2n) is 6.47. The summed E-state index contributed by atoms with van der Waals surface area (Å²) in [5.41, 5.74) is 1.48. The van der Waals surface area contributed by atoms with E-state index in [4.69, 9.17) is 25.3 Å². The van der Waals surface area contributed by atoms with Crippen LogP contribution in [-0.2, 0) is 10.5 Å². The van der Waals surface area contributed by atoms with Crippen LogP contribution in [0.4, 0.5) is 5.69 Å². The van der Waals surface area contributed by atoms with Crippen LogP contribution in [-0.4, -0.2) is 28.9 Å². The Labute approximate surface area is 187 Å². The fraction of sp³-hybridized carbons (Fsp3) is 0.136. The minimum absolute atomic E-state index is 0.0926. The fourth-order valence-corrected chi connectivity index (χ4v) is 3.66. The van der Waals surface area contributed by atoms with Crippen molar-refractivity contribution >= 4 is 35.0 Å². The molecule has 0 radical (unpaired) electrons. The van der Waals surface area contributed by atoms with Gasteiger partial charge in [-0.15, -0.1) is 11.8 Å². The van der Waals surface area contributed by atoms with Crippen LogP contribution in [0.3, 0.4) is 0 Å². The van der Waals surface area contributed by atoms with Crippen LogP contribution in [0.15, 0.2) is 69.6 Å². The topological polar surface area (TPSA) is 90.4 Å². The maximum Gasteiger partial charge on any atom is 0.293 e. The van der Waals surface area contributed by atoms with E-state index in [-0.39, 0.29) is 11.8 Å². The molecule has 0 aliphatic carbocycles. The number of nitrogens with zero attached hydrogens (tertiary/aromatic N) is 2. The Kier molecular flexibility index (Phi) is 6.59. The summed E-state index contributed by atoms with van der Waals surface area (Å²) < 4.78 is 16.2. The minimum atomic E-state index is -0.0926. The number of aromatic nitrogens is 2. The number of halogens is 1. The van der Waals surface area contributed by atoms with Crippen molar-refractivity contribution in [2.75, 3.05) is 18.2 Å². The van der Waals surface area contributed by atoms with Crippen molar-refractivity contribution in [3.8, 4) is 28.8 Å². The highest BCUT2D eigenvalue weighted by Gasteiger charge is 2.15. The Balaban J connectivity index is 1.30. The SMILES string of the molecule is COc1ccc(NC(=O)CSCc2ccc(-c3nc(-c4cccc(Cl)c4)no3)o2)cc1. The van der Waals surface area contributed by atoms with Gasteiger partial charge in [-0.2, -0.15) is 4.98 Å². The maximum atomic E-state index is 12.1. The number of benzene rings is 2. The lowest BCUT2D eigenvalue weighted by Gasteiger charge is -2.05. The van der Waals surface area contributed by atoms with E-state index in [1.54, 1.807) is 49.6 Å². The molecule has 4 aromatic rings. The lowest BCUT2D eigenvalue weighted by Crippen LogP contribution is -2.14. The Morgan fingerprint density at radius 3 is 2.77 bits per heavy atom. The van der Waals surface area contributed by atoms with Crippen molar-refractivity contribution in [1.82, 2.24) is 10.1 Å². The minimum Gasteiger partial charge on any atom is -0.497 e. The average molecular weight is 456 g/mol. The summed E-state index contributed by atoms with van der Waals surface area (Å²) in [4.78, 5) is 16.5. The van der Waals surface area contributed by atoms with Crippen molar-refractivity contribution < 1.29 is 18.5 Å². The van der Waals surface area contributed by atoms with E-state index in [0.29, 0.717) is 33.9 Å². The van der Waals surface area contributed by atoms with Crippen molar-refractivity contribution in [2.45, 2.75) is 5.75 Å². The van der Waals surface area contributed by atoms with Crippen LogP contribution < -0.4 is 10.1 Å². The van der Waals surface area contributed by atoms with Gasteiger partial charge in [-0.25, -0.2) is 0 Å². The highest BCUT2D eigenvalue weighted by Crippen LogP contribution is 2.26. The smallest absolute Gasteiger partial charge is 0.293 e. The molecule has 0 fully saturated rings. The Morgan fingerprint density at radius 2 is 2.00 bits per heavy atom.